The predicted molar refractivity (Wildman–Crippen MR) is 49.7 cm³/mol. The van der Waals surface area contributed by atoms with Crippen molar-refractivity contribution in [1.29, 1.82) is 0 Å². The average molecular weight is 204 g/mol. The standard InChI is InChI=1S/C8H12O4S/c1-13-8(9)12-7-3-2-4-10-6-11-5-7/h2-3,7H,4-6H2,1H3/b3-2+. The van der Waals surface area contributed by atoms with E-state index in [-0.39, 0.29) is 18.2 Å². The Balaban J connectivity index is 2.37. The van der Waals surface area contributed by atoms with Crippen molar-refractivity contribution in [3.8, 4) is 0 Å². The molecule has 0 bridgehead atoms. The zero-order valence-corrected chi connectivity index (χ0v) is 8.21. The molecular weight excluding hydrogens is 192 g/mol. The number of ether oxygens (including phenoxy) is 3. The van der Waals surface area contributed by atoms with E-state index in [4.69, 9.17) is 14.2 Å². The van der Waals surface area contributed by atoms with Gasteiger partial charge < -0.3 is 14.2 Å². The molecule has 1 aliphatic rings. The summed E-state index contributed by atoms with van der Waals surface area (Å²) in [6.07, 6.45) is 4.98. The van der Waals surface area contributed by atoms with Crippen molar-refractivity contribution < 1.29 is 19.0 Å². The van der Waals surface area contributed by atoms with Gasteiger partial charge in [-0.2, -0.15) is 0 Å². The first-order chi connectivity index (χ1) is 6.33. The molecule has 0 N–H and O–H groups in total. The van der Waals surface area contributed by atoms with E-state index in [9.17, 15) is 4.79 Å². The highest BCUT2D eigenvalue weighted by molar-refractivity contribution is 8.12. The molecular formula is C8H12O4S. The largest absolute Gasteiger partial charge is 0.448 e. The summed E-state index contributed by atoms with van der Waals surface area (Å²) >= 11 is 1.05. The minimum absolute atomic E-state index is 0.248. The summed E-state index contributed by atoms with van der Waals surface area (Å²) in [5.74, 6) is 0. The molecule has 0 saturated carbocycles. The monoisotopic (exact) mass is 204 g/mol. The average Bonchev–Trinajstić information content (AvgIpc) is 2.09. The molecule has 0 aromatic carbocycles. The van der Waals surface area contributed by atoms with Crippen molar-refractivity contribution in [2.75, 3.05) is 26.3 Å². The lowest BCUT2D eigenvalue weighted by Gasteiger charge is -2.15. The summed E-state index contributed by atoms with van der Waals surface area (Å²) in [7, 11) is 0. The molecule has 4 nitrogen and oxygen atoms in total. The van der Waals surface area contributed by atoms with Gasteiger partial charge in [-0.1, -0.05) is 6.08 Å². The van der Waals surface area contributed by atoms with E-state index in [2.05, 4.69) is 0 Å². The molecule has 5 heteroatoms. The van der Waals surface area contributed by atoms with E-state index in [0.29, 0.717) is 13.2 Å². The third-order valence-corrected chi connectivity index (χ3v) is 1.86. The first kappa shape index (κ1) is 10.6. The maximum Gasteiger partial charge on any atom is 0.367 e. The van der Waals surface area contributed by atoms with Crippen LogP contribution in [0.1, 0.15) is 0 Å². The highest BCUT2D eigenvalue weighted by Crippen LogP contribution is 2.06. The molecule has 1 heterocycles. The number of carbonyl (C=O) groups excluding carboxylic acids is 1. The number of hydrogen-bond donors (Lipinski definition) is 0. The van der Waals surface area contributed by atoms with Crippen LogP contribution in [-0.2, 0) is 14.2 Å². The maximum atomic E-state index is 10.9. The predicted octanol–water partition coefficient (Wildman–Crippen LogP) is 1.42. The molecule has 74 valence electrons. The molecule has 0 aliphatic carbocycles. The number of thioether (sulfide) groups is 1. The SMILES string of the molecule is CSC(=O)OC1/C=C/COCOC1. The van der Waals surface area contributed by atoms with Crippen LogP contribution >= 0.6 is 11.8 Å². The summed E-state index contributed by atoms with van der Waals surface area (Å²) in [6.45, 7) is 1.09. The smallest absolute Gasteiger partial charge is 0.367 e. The molecule has 0 amide bonds. The fraction of sp³-hybridized carbons (Fsp3) is 0.625. The van der Waals surface area contributed by atoms with Crippen LogP contribution in [0.25, 0.3) is 0 Å². The van der Waals surface area contributed by atoms with Gasteiger partial charge in [-0.05, 0) is 24.1 Å². The maximum absolute atomic E-state index is 10.9. The van der Waals surface area contributed by atoms with Crippen molar-refractivity contribution in [3.63, 3.8) is 0 Å². The van der Waals surface area contributed by atoms with Crippen LogP contribution in [0.5, 0.6) is 0 Å². The Morgan fingerprint density at radius 1 is 1.62 bits per heavy atom. The van der Waals surface area contributed by atoms with Crippen LogP contribution in [0.4, 0.5) is 4.79 Å². The summed E-state index contributed by atoms with van der Waals surface area (Å²) in [5.41, 5.74) is 0. The van der Waals surface area contributed by atoms with Crippen molar-refractivity contribution in [2.24, 2.45) is 0 Å². The summed E-state index contributed by atoms with van der Waals surface area (Å²) in [5, 5.41) is -0.292. The quantitative estimate of drug-likeness (QED) is 0.477. The van der Waals surface area contributed by atoms with Crippen molar-refractivity contribution >= 4 is 17.1 Å². The molecule has 13 heavy (non-hydrogen) atoms. The van der Waals surface area contributed by atoms with Gasteiger partial charge in [0.1, 0.15) is 12.9 Å². The number of rotatable bonds is 1. The second kappa shape index (κ2) is 6.01. The topological polar surface area (TPSA) is 44.8 Å². The first-order valence-electron chi connectivity index (χ1n) is 3.89. The zero-order chi connectivity index (χ0) is 9.52. The van der Waals surface area contributed by atoms with Crippen LogP contribution in [0.3, 0.4) is 0 Å². The summed E-state index contributed by atoms with van der Waals surface area (Å²) in [4.78, 5) is 10.9. The Bertz CT molecular complexity index is 193. The second-order valence-electron chi connectivity index (χ2n) is 2.40. The highest BCUT2D eigenvalue weighted by Gasteiger charge is 2.11. The van der Waals surface area contributed by atoms with Gasteiger partial charge in [-0.25, -0.2) is 4.79 Å². The lowest BCUT2D eigenvalue weighted by molar-refractivity contribution is -0.0684. The molecule has 0 saturated heterocycles. The molecule has 1 unspecified atom stereocenters. The van der Waals surface area contributed by atoms with Gasteiger partial charge >= 0.3 is 5.30 Å². The minimum Gasteiger partial charge on any atom is -0.448 e. The molecule has 0 radical (unpaired) electrons. The second-order valence-corrected chi connectivity index (χ2v) is 3.14. The van der Waals surface area contributed by atoms with Gasteiger partial charge in [-0.15, -0.1) is 0 Å². The van der Waals surface area contributed by atoms with Gasteiger partial charge in [-0.3, -0.25) is 0 Å². The van der Waals surface area contributed by atoms with E-state index in [0.717, 1.165) is 11.8 Å². The molecule has 1 aliphatic heterocycles. The Morgan fingerprint density at radius 2 is 2.46 bits per heavy atom. The number of hydrogen-bond acceptors (Lipinski definition) is 5. The summed E-state index contributed by atoms with van der Waals surface area (Å²) < 4.78 is 15.1. The van der Waals surface area contributed by atoms with E-state index in [1.807, 2.05) is 6.08 Å². The van der Waals surface area contributed by atoms with Crippen LogP contribution < -0.4 is 0 Å². The van der Waals surface area contributed by atoms with Gasteiger partial charge in [0.25, 0.3) is 0 Å². The van der Waals surface area contributed by atoms with Gasteiger partial charge in [0.05, 0.1) is 13.2 Å². The van der Waals surface area contributed by atoms with Crippen LogP contribution in [0, 0.1) is 0 Å². The molecule has 1 rings (SSSR count). The first-order valence-corrected chi connectivity index (χ1v) is 5.12. The number of carbonyl (C=O) groups is 1. The van der Waals surface area contributed by atoms with E-state index in [1.54, 1.807) is 12.3 Å². The molecule has 0 aromatic rings. The summed E-state index contributed by atoms with van der Waals surface area (Å²) in [6, 6.07) is 0. The zero-order valence-electron chi connectivity index (χ0n) is 7.39. The van der Waals surface area contributed by atoms with Crippen LogP contribution in [0.15, 0.2) is 12.2 Å². The molecule has 0 aromatic heterocycles. The van der Waals surface area contributed by atoms with Crippen molar-refractivity contribution in [3.05, 3.63) is 12.2 Å². The Hall–Kier alpha value is -0.520. The third-order valence-electron chi connectivity index (χ3n) is 1.43. The lowest BCUT2D eigenvalue weighted by Crippen LogP contribution is -2.22. The van der Waals surface area contributed by atoms with Crippen molar-refractivity contribution in [1.82, 2.24) is 0 Å². The van der Waals surface area contributed by atoms with Gasteiger partial charge in [0, 0.05) is 0 Å². The highest BCUT2D eigenvalue weighted by atomic mass is 32.2. The molecule has 0 fully saturated rings. The van der Waals surface area contributed by atoms with E-state index >= 15 is 0 Å². The normalized spacial score (nSPS) is 25.8. The van der Waals surface area contributed by atoms with Crippen LogP contribution in [0.2, 0.25) is 0 Å². The Kier molecular flexibility index (Phi) is 4.88. The fourth-order valence-electron chi connectivity index (χ4n) is 0.847. The lowest BCUT2D eigenvalue weighted by atomic mass is 10.3. The van der Waals surface area contributed by atoms with Gasteiger partial charge in [0.2, 0.25) is 0 Å². The third kappa shape index (κ3) is 4.31. The Labute approximate surface area is 81.2 Å². The van der Waals surface area contributed by atoms with Crippen molar-refractivity contribution in [2.45, 2.75) is 6.10 Å². The van der Waals surface area contributed by atoms with Gasteiger partial charge in [0.15, 0.2) is 0 Å². The minimum atomic E-state index is -0.292. The molecule has 0 spiro atoms. The van der Waals surface area contributed by atoms with E-state index in [1.165, 1.54) is 0 Å². The Morgan fingerprint density at radius 3 is 3.23 bits per heavy atom. The molecule has 1 atom stereocenters. The fourth-order valence-corrected chi connectivity index (χ4v) is 1.07. The van der Waals surface area contributed by atoms with E-state index < -0.39 is 0 Å². The van der Waals surface area contributed by atoms with Crippen LogP contribution in [-0.4, -0.2) is 37.7 Å².